The van der Waals surface area contributed by atoms with Gasteiger partial charge in [-0.1, -0.05) is 45.9 Å². The van der Waals surface area contributed by atoms with Crippen LogP contribution in [-0.2, 0) is 33.3 Å². The number of aliphatic hydroxyl groups excluding tert-OH is 3. The summed E-state index contributed by atoms with van der Waals surface area (Å²) in [6.45, 7) is 15.6. The van der Waals surface area contributed by atoms with E-state index in [1.807, 2.05) is 33.8 Å². The molecule has 10 atom stereocenters. The van der Waals surface area contributed by atoms with E-state index in [-0.39, 0.29) is 29.8 Å². The summed E-state index contributed by atoms with van der Waals surface area (Å²) in [5.41, 5.74) is 1.53. The van der Waals surface area contributed by atoms with Crippen molar-refractivity contribution in [1.29, 1.82) is 0 Å². The van der Waals surface area contributed by atoms with Gasteiger partial charge in [0.15, 0.2) is 30.0 Å². The van der Waals surface area contributed by atoms with Crippen molar-refractivity contribution in [2.24, 2.45) is 5.92 Å². The zero-order valence-corrected chi connectivity index (χ0v) is 26.9. The number of phenolic OH excluding ortho intramolecular Hbond substituents is 1. The van der Waals surface area contributed by atoms with Crippen LogP contribution in [0.3, 0.4) is 0 Å². The quantitative estimate of drug-likeness (QED) is 0.222. The molecule has 1 aromatic carbocycles. The maximum absolute atomic E-state index is 12.8. The maximum atomic E-state index is 12.8. The number of aryl methyl sites for hydroxylation is 1. The Morgan fingerprint density at radius 3 is 2.11 bits per heavy atom. The predicted octanol–water partition coefficient (Wildman–Crippen LogP) is 3.00. The molecular formula is C32H48O12. The van der Waals surface area contributed by atoms with Gasteiger partial charge < -0.3 is 48.8 Å². The summed E-state index contributed by atoms with van der Waals surface area (Å²) in [7, 11) is 0. The fraction of sp³-hybridized carbons (Fsp3) is 0.688. The molecule has 0 spiro atoms. The molecule has 0 aliphatic carbocycles. The van der Waals surface area contributed by atoms with Gasteiger partial charge in [0.2, 0.25) is 6.29 Å². The molecule has 248 valence electrons. The Labute approximate surface area is 258 Å². The van der Waals surface area contributed by atoms with Gasteiger partial charge >= 0.3 is 11.9 Å². The van der Waals surface area contributed by atoms with Crippen LogP contribution in [0.5, 0.6) is 11.5 Å². The molecular weight excluding hydrogens is 576 g/mol. The van der Waals surface area contributed by atoms with E-state index >= 15 is 0 Å². The molecule has 0 bridgehead atoms. The lowest BCUT2D eigenvalue weighted by molar-refractivity contribution is -0.347. The summed E-state index contributed by atoms with van der Waals surface area (Å²) in [6, 6.07) is 3.57. The Balaban J connectivity index is 1.91. The monoisotopic (exact) mass is 624 g/mol. The molecule has 0 amide bonds. The van der Waals surface area contributed by atoms with Crippen LogP contribution in [0.1, 0.15) is 78.9 Å². The highest BCUT2D eigenvalue weighted by Crippen LogP contribution is 2.40. The second-order valence-corrected chi connectivity index (χ2v) is 12.3. The smallest absolute Gasteiger partial charge is 0.333 e. The number of phenols is 1. The molecule has 2 aliphatic rings. The first-order valence-corrected chi connectivity index (χ1v) is 15.1. The predicted molar refractivity (Wildman–Crippen MR) is 158 cm³/mol. The van der Waals surface area contributed by atoms with Crippen molar-refractivity contribution in [2.45, 2.75) is 136 Å². The maximum Gasteiger partial charge on any atom is 0.333 e. The van der Waals surface area contributed by atoms with Gasteiger partial charge in [0.05, 0.1) is 12.2 Å². The Morgan fingerprint density at radius 2 is 1.52 bits per heavy atom. The highest BCUT2D eigenvalue weighted by molar-refractivity contribution is 5.87. The number of aliphatic hydroxyl groups is 3. The Morgan fingerprint density at radius 1 is 0.909 bits per heavy atom. The molecule has 3 rings (SSSR count). The molecule has 2 heterocycles. The molecule has 0 aromatic heterocycles. The van der Waals surface area contributed by atoms with Crippen LogP contribution in [0.2, 0.25) is 0 Å². The second-order valence-electron chi connectivity index (χ2n) is 12.3. The highest BCUT2D eigenvalue weighted by atomic mass is 16.7. The zero-order valence-electron chi connectivity index (χ0n) is 26.9. The number of benzene rings is 1. The van der Waals surface area contributed by atoms with Crippen LogP contribution in [0.15, 0.2) is 23.8 Å². The molecule has 0 saturated carbocycles. The van der Waals surface area contributed by atoms with Gasteiger partial charge in [0.25, 0.3) is 0 Å². The van der Waals surface area contributed by atoms with Crippen LogP contribution in [0, 0.1) is 12.8 Å². The summed E-state index contributed by atoms with van der Waals surface area (Å²) in [6.07, 6.45) is -11.7. The average molecular weight is 625 g/mol. The van der Waals surface area contributed by atoms with Crippen molar-refractivity contribution in [3.63, 3.8) is 0 Å². The average Bonchev–Trinajstić information content (AvgIpc) is 2.95. The van der Waals surface area contributed by atoms with E-state index in [4.69, 9.17) is 28.4 Å². The van der Waals surface area contributed by atoms with Gasteiger partial charge in [0, 0.05) is 17.6 Å². The van der Waals surface area contributed by atoms with Gasteiger partial charge in [-0.05, 0) is 52.0 Å². The minimum atomic E-state index is -1.70. The molecule has 2 fully saturated rings. The molecule has 2 saturated heterocycles. The van der Waals surface area contributed by atoms with Crippen LogP contribution in [0.25, 0.3) is 0 Å². The Bertz CT molecular complexity index is 1180. The fourth-order valence-corrected chi connectivity index (χ4v) is 5.09. The third-order valence-electron chi connectivity index (χ3n) is 7.88. The molecule has 44 heavy (non-hydrogen) atoms. The van der Waals surface area contributed by atoms with Gasteiger partial charge in [-0.25, -0.2) is 4.79 Å². The van der Waals surface area contributed by atoms with Crippen LogP contribution in [0.4, 0.5) is 0 Å². The lowest BCUT2D eigenvalue weighted by atomic mass is 9.96. The molecule has 1 aromatic rings. The SMILES string of the molecule is CC=C(C)C(=O)OC1C(C)OC(Oc2c(C(C)C)ccc(C)c2O)C(O)C1OC1OC(C)C(OC(=O)CC(C)C)C(O)C1O. The molecule has 2 aliphatic heterocycles. The summed E-state index contributed by atoms with van der Waals surface area (Å²) >= 11 is 0. The second kappa shape index (κ2) is 15.0. The molecule has 12 nitrogen and oxygen atoms in total. The van der Waals surface area contributed by atoms with E-state index in [0.717, 1.165) is 0 Å². The third-order valence-corrected chi connectivity index (χ3v) is 7.88. The number of hydrogen-bond acceptors (Lipinski definition) is 12. The van der Waals surface area contributed by atoms with Crippen molar-refractivity contribution in [3.8, 4) is 11.5 Å². The van der Waals surface area contributed by atoms with Crippen LogP contribution < -0.4 is 4.74 Å². The van der Waals surface area contributed by atoms with Crippen molar-refractivity contribution in [1.82, 2.24) is 0 Å². The van der Waals surface area contributed by atoms with Crippen LogP contribution in [-0.4, -0.2) is 93.8 Å². The van der Waals surface area contributed by atoms with Crippen molar-refractivity contribution >= 4 is 11.9 Å². The van der Waals surface area contributed by atoms with Crippen molar-refractivity contribution in [3.05, 3.63) is 34.9 Å². The summed E-state index contributed by atoms with van der Waals surface area (Å²) in [5.74, 6) is -1.24. The lowest BCUT2D eigenvalue weighted by Crippen LogP contribution is -2.64. The van der Waals surface area contributed by atoms with E-state index in [1.165, 1.54) is 0 Å². The van der Waals surface area contributed by atoms with E-state index in [0.29, 0.717) is 16.7 Å². The normalized spacial score (nSPS) is 32.9. The first-order chi connectivity index (χ1) is 20.6. The summed E-state index contributed by atoms with van der Waals surface area (Å²) < 4.78 is 35.1. The van der Waals surface area contributed by atoms with E-state index in [2.05, 4.69) is 0 Å². The Hall–Kier alpha value is -2.74. The molecule has 10 unspecified atom stereocenters. The van der Waals surface area contributed by atoms with E-state index in [1.54, 1.807) is 46.8 Å². The van der Waals surface area contributed by atoms with Crippen molar-refractivity contribution < 1.29 is 58.4 Å². The molecule has 0 radical (unpaired) electrons. The molecule has 12 heteroatoms. The largest absolute Gasteiger partial charge is 0.504 e. The minimum Gasteiger partial charge on any atom is -0.504 e. The number of hydrogen-bond donors (Lipinski definition) is 4. The highest BCUT2D eigenvalue weighted by Gasteiger charge is 2.53. The molecule has 4 N–H and O–H groups in total. The number of carbonyl (C=O) groups excluding carboxylic acids is 2. The summed E-state index contributed by atoms with van der Waals surface area (Å²) in [5, 5.41) is 44.3. The van der Waals surface area contributed by atoms with E-state index < -0.39 is 73.4 Å². The lowest BCUT2D eigenvalue weighted by Gasteiger charge is -2.46. The zero-order chi connectivity index (χ0) is 33.0. The van der Waals surface area contributed by atoms with Crippen LogP contribution >= 0.6 is 0 Å². The van der Waals surface area contributed by atoms with Gasteiger partial charge in [-0.3, -0.25) is 4.79 Å². The number of carbonyl (C=O) groups is 2. The Kier molecular flexibility index (Phi) is 12.2. The van der Waals surface area contributed by atoms with Gasteiger partial charge in [-0.2, -0.15) is 0 Å². The van der Waals surface area contributed by atoms with E-state index in [9.17, 15) is 30.0 Å². The van der Waals surface area contributed by atoms with Gasteiger partial charge in [0.1, 0.15) is 24.4 Å². The number of allylic oxidation sites excluding steroid dienone is 1. The topological polar surface area (TPSA) is 170 Å². The summed E-state index contributed by atoms with van der Waals surface area (Å²) in [4.78, 5) is 25.1. The first-order valence-electron chi connectivity index (χ1n) is 15.1. The van der Waals surface area contributed by atoms with Crippen molar-refractivity contribution in [2.75, 3.05) is 0 Å². The standard InChI is InChI=1S/C32H48O12/c1-10-16(6)30(38)42-27-19(9)40-32(43-28-20(15(4)5)12-11-17(7)22(28)34)25(37)29(27)44-31-24(36)23(35)26(18(8)39-31)41-21(33)13-14(2)3/h10-12,14-15,18-19,23-27,29,31-32,34-37H,13H2,1-9H3. The third kappa shape index (κ3) is 8.09. The minimum absolute atomic E-state index is 0.0248. The first kappa shape index (κ1) is 35.7. The number of ether oxygens (including phenoxy) is 6. The number of rotatable bonds is 10. The number of esters is 2. The number of aromatic hydroxyl groups is 1. The fourth-order valence-electron chi connectivity index (χ4n) is 5.09. The van der Waals surface area contributed by atoms with Gasteiger partial charge in [-0.15, -0.1) is 0 Å².